The molecule has 2 rings (SSSR count). The molecule has 0 amide bonds. The predicted molar refractivity (Wildman–Crippen MR) is 76.1 cm³/mol. The van der Waals surface area contributed by atoms with E-state index in [1.165, 1.54) is 29.7 Å². The van der Waals surface area contributed by atoms with E-state index in [1.807, 2.05) is 0 Å². The van der Waals surface area contributed by atoms with Crippen LogP contribution in [0.4, 0.5) is 5.69 Å². The van der Waals surface area contributed by atoms with Crippen LogP contribution in [0.15, 0.2) is 18.2 Å². The number of rotatable bonds is 5. The summed E-state index contributed by atoms with van der Waals surface area (Å²) in [6.07, 6.45) is 3.47. The van der Waals surface area contributed by atoms with Gasteiger partial charge in [-0.3, -0.25) is 0 Å². The van der Waals surface area contributed by atoms with Crippen LogP contribution in [0, 0.1) is 0 Å². The molecule has 0 spiro atoms. The number of hydrogen-bond acceptors (Lipinski definition) is 3. The van der Waals surface area contributed by atoms with Crippen LogP contribution in [0.3, 0.4) is 0 Å². The van der Waals surface area contributed by atoms with E-state index >= 15 is 0 Å². The lowest BCUT2D eigenvalue weighted by Gasteiger charge is -2.25. The summed E-state index contributed by atoms with van der Waals surface area (Å²) in [7, 11) is 2.07. The average molecular weight is 248 g/mol. The first-order valence-electron chi connectivity index (χ1n) is 6.87. The Morgan fingerprint density at radius 3 is 3.06 bits per heavy atom. The Morgan fingerprint density at radius 2 is 2.28 bits per heavy atom. The van der Waals surface area contributed by atoms with Crippen LogP contribution in [0.1, 0.15) is 24.5 Å². The van der Waals surface area contributed by atoms with Gasteiger partial charge in [0.2, 0.25) is 0 Å². The van der Waals surface area contributed by atoms with Crippen LogP contribution in [0.25, 0.3) is 0 Å². The van der Waals surface area contributed by atoms with Gasteiger partial charge in [0.25, 0.3) is 0 Å². The molecule has 1 aliphatic rings. The number of aliphatic hydroxyl groups is 1. The minimum atomic E-state index is 0.231. The molecular weight excluding hydrogens is 224 g/mol. The number of hydrogen-bond donors (Lipinski definition) is 2. The Kier molecular flexibility index (Phi) is 4.61. The van der Waals surface area contributed by atoms with Gasteiger partial charge in [-0.1, -0.05) is 12.1 Å². The van der Waals surface area contributed by atoms with Crippen LogP contribution in [0.5, 0.6) is 0 Å². The van der Waals surface area contributed by atoms with Crippen molar-refractivity contribution in [3.8, 4) is 0 Å². The molecule has 1 aliphatic heterocycles. The summed E-state index contributed by atoms with van der Waals surface area (Å²) in [5.41, 5.74) is 4.16. The van der Waals surface area contributed by atoms with E-state index in [2.05, 4.69) is 42.4 Å². The normalized spacial score (nSPS) is 16.2. The van der Waals surface area contributed by atoms with E-state index in [-0.39, 0.29) is 6.61 Å². The summed E-state index contributed by atoms with van der Waals surface area (Å²) in [5.74, 6) is 0. The molecule has 3 heteroatoms. The van der Waals surface area contributed by atoms with E-state index in [1.54, 1.807) is 0 Å². The van der Waals surface area contributed by atoms with E-state index in [0.29, 0.717) is 6.04 Å². The number of likely N-dealkylation sites (N-methyl/N-ethyl adjacent to an activating group) is 1. The van der Waals surface area contributed by atoms with Crippen molar-refractivity contribution in [1.29, 1.82) is 0 Å². The molecule has 0 saturated carbocycles. The second kappa shape index (κ2) is 6.21. The molecule has 18 heavy (non-hydrogen) atoms. The third kappa shape index (κ3) is 3.24. The Hall–Kier alpha value is -1.06. The lowest BCUT2D eigenvalue weighted by molar-refractivity contribution is 0.187. The summed E-state index contributed by atoms with van der Waals surface area (Å²) in [5, 5.41) is 12.4. The molecule has 1 aromatic carbocycles. The van der Waals surface area contributed by atoms with Crippen LogP contribution >= 0.6 is 0 Å². The van der Waals surface area contributed by atoms with E-state index < -0.39 is 0 Å². The van der Waals surface area contributed by atoms with Gasteiger partial charge in [-0.05, 0) is 50.4 Å². The zero-order valence-electron chi connectivity index (χ0n) is 11.4. The highest BCUT2D eigenvalue weighted by atomic mass is 16.3. The number of anilines is 1. The van der Waals surface area contributed by atoms with Gasteiger partial charge in [-0.2, -0.15) is 0 Å². The summed E-state index contributed by atoms with van der Waals surface area (Å²) in [4.78, 5) is 2.21. The third-order valence-corrected chi connectivity index (χ3v) is 3.84. The van der Waals surface area contributed by atoms with E-state index in [0.717, 1.165) is 19.5 Å². The van der Waals surface area contributed by atoms with Gasteiger partial charge >= 0.3 is 0 Å². The number of aliphatic hydroxyl groups excluding tert-OH is 1. The highest BCUT2D eigenvalue weighted by Gasteiger charge is 2.12. The quantitative estimate of drug-likeness (QED) is 0.835. The van der Waals surface area contributed by atoms with Crippen molar-refractivity contribution >= 4 is 5.69 Å². The molecular formula is C15H24N2O. The van der Waals surface area contributed by atoms with Gasteiger partial charge in [0, 0.05) is 24.8 Å². The molecule has 0 aromatic heterocycles. The topological polar surface area (TPSA) is 35.5 Å². The first-order valence-corrected chi connectivity index (χ1v) is 6.87. The molecule has 100 valence electrons. The highest BCUT2D eigenvalue weighted by molar-refractivity contribution is 5.54. The van der Waals surface area contributed by atoms with Gasteiger partial charge in [-0.25, -0.2) is 0 Å². The molecule has 3 nitrogen and oxygen atoms in total. The Bertz CT molecular complexity index is 392. The number of benzene rings is 1. The maximum Gasteiger partial charge on any atom is 0.0558 e. The van der Waals surface area contributed by atoms with Crippen molar-refractivity contribution in [3.63, 3.8) is 0 Å². The molecule has 1 heterocycles. The van der Waals surface area contributed by atoms with Crippen LogP contribution < -0.4 is 5.32 Å². The fraction of sp³-hybridized carbons (Fsp3) is 0.600. The second-order valence-electron chi connectivity index (χ2n) is 5.28. The minimum Gasteiger partial charge on any atom is -0.395 e. The first-order chi connectivity index (χ1) is 8.70. The molecule has 0 aliphatic carbocycles. The SMILES string of the molecule is CC(Cc1ccc2c(c1)CCCN2)N(C)CCO. The van der Waals surface area contributed by atoms with Gasteiger partial charge in [-0.15, -0.1) is 0 Å². The molecule has 0 fully saturated rings. The summed E-state index contributed by atoms with van der Waals surface area (Å²) in [6, 6.07) is 7.24. The lowest BCUT2D eigenvalue weighted by Crippen LogP contribution is -2.33. The minimum absolute atomic E-state index is 0.231. The highest BCUT2D eigenvalue weighted by Crippen LogP contribution is 2.23. The molecule has 0 saturated heterocycles. The van der Waals surface area contributed by atoms with Crippen molar-refractivity contribution in [2.24, 2.45) is 0 Å². The van der Waals surface area contributed by atoms with E-state index in [9.17, 15) is 0 Å². The molecule has 1 aromatic rings. The average Bonchev–Trinajstić information content (AvgIpc) is 2.39. The third-order valence-electron chi connectivity index (χ3n) is 3.84. The van der Waals surface area contributed by atoms with Crippen LogP contribution in [-0.2, 0) is 12.8 Å². The maximum absolute atomic E-state index is 8.96. The Labute approximate surface area is 110 Å². The van der Waals surface area contributed by atoms with Gasteiger partial charge in [0.1, 0.15) is 0 Å². The second-order valence-corrected chi connectivity index (χ2v) is 5.28. The van der Waals surface area contributed by atoms with Crippen molar-refractivity contribution in [1.82, 2.24) is 4.90 Å². The summed E-state index contributed by atoms with van der Waals surface area (Å²) in [6.45, 7) is 4.29. The first kappa shape index (κ1) is 13.4. The van der Waals surface area contributed by atoms with Crippen molar-refractivity contribution in [2.45, 2.75) is 32.2 Å². The zero-order chi connectivity index (χ0) is 13.0. The molecule has 1 unspecified atom stereocenters. The smallest absolute Gasteiger partial charge is 0.0558 e. The Balaban J connectivity index is 2.01. The maximum atomic E-state index is 8.96. The summed E-state index contributed by atoms with van der Waals surface area (Å²) >= 11 is 0. The Morgan fingerprint density at radius 1 is 1.44 bits per heavy atom. The molecule has 2 N–H and O–H groups in total. The molecule has 0 bridgehead atoms. The zero-order valence-corrected chi connectivity index (χ0v) is 11.4. The lowest BCUT2D eigenvalue weighted by atomic mass is 9.98. The standard InChI is InChI=1S/C15H24N2O/c1-12(17(2)8-9-18)10-13-5-6-15-14(11-13)4-3-7-16-15/h5-6,11-12,16,18H,3-4,7-10H2,1-2H3. The number of nitrogens with one attached hydrogen (secondary N) is 1. The number of aryl methyl sites for hydroxylation is 1. The largest absolute Gasteiger partial charge is 0.395 e. The number of nitrogens with zero attached hydrogens (tertiary/aromatic N) is 1. The van der Waals surface area contributed by atoms with Crippen molar-refractivity contribution < 1.29 is 5.11 Å². The van der Waals surface area contributed by atoms with Gasteiger partial charge in [0.05, 0.1) is 6.61 Å². The van der Waals surface area contributed by atoms with Crippen LogP contribution in [-0.4, -0.2) is 42.8 Å². The van der Waals surface area contributed by atoms with Crippen LogP contribution in [0.2, 0.25) is 0 Å². The summed E-state index contributed by atoms with van der Waals surface area (Å²) < 4.78 is 0. The monoisotopic (exact) mass is 248 g/mol. The van der Waals surface area contributed by atoms with Gasteiger partial charge < -0.3 is 15.3 Å². The fourth-order valence-electron chi connectivity index (χ4n) is 2.53. The van der Waals surface area contributed by atoms with Gasteiger partial charge in [0.15, 0.2) is 0 Å². The fourth-order valence-corrected chi connectivity index (χ4v) is 2.53. The van der Waals surface area contributed by atoms with E-state index in [4.69, 9.17) is 5.11 Å². The van der Waals surface area contributed by atoms with Crippen molar-refractivity contribution in [2.75, 3.05) is 32.1 Å². The van der Waals surface area contributed by atoms with Crippen molar-refractivity contribution in [3.05, 3.63) is 29.3 Å². The predicted octanol–water partition coefficient (Wildman–Crippen LogP) is 1.90. The number of fused-ring (bicyclic) bond motifs is 1. The molecule has 1 atom stereocenters. The molecule has 0 radical (unpaired) electrons.